The number of carbonyl (C=O) groups is 1. The van der Waals surface area contributed by atoms with Gasteiger partial charge in [0, 0.05) is 5.02 Å². The summed E-state index contributed by atoms with van der Waals surface area (Å²) in [6.07, 6.45) is -0.103. The van der Waals surface area contributed by atoms with Crippen LogP contribution in [0.1, 0.15) is 26.7 Å². The molecule has 0 amide bonds. The van der Waals surface area contributed by atoms with Crippen LogP contribution < -0.4 is 0 Å². The normalized spacial score (nSPS) is 12.4. The molecule has 7 heteroatoms. The molecule has 0 spiro atoms. The first-order valence-corrected chi connectivity index (χ1v) is 7.90. The number of sulfone groups is 1. The number of carboxylic acid groups (broad SMARTS) is 1. The van der Waals surface area contributed by atoms with Crippen LogP contribution in [0.5, 0.6) is 0 Å². The van der Waals surface area contributed by atoms with Crippen LogP contribution >= 0.6 is 23.2 Å². The average molecular weight is 325 g/mol. The minimum absolute atomic E-state index is 0.0306. The highest BCUT2D eigenvalue weighted by atomic mass is 35.5. The van der Waals surface area contributed by atoms with Crippen molar-refractivity contribution in [2.24, 2.45) is 0 Å². The number of hydrogen-bond acceptors (Lipinski definition) is 3. The van der Waals surface area contributed by atoms with Gasteiger partial charge in [-0.25, -0.2) is 8.42 Å². The van der Waals surface area contributed by atoms with Gasteiger partial charge in [0.25, 0.3) is 0 Å². The third-order valence-corrected chi connectivity index (χ3v) is 6.60. The van der Waals surface area contributed by atoms with Crippen molar-refractivity contribution in [3.63, 3.8) is 0 Å². The topological polar surface area (TPSA) is 71.4 Å². The SMILES string of the molecule is CCC(CC)(C(=O)O)S(=O)(=O)c1cc(Cl)ccc1Cl. The van der Waals surface area contributed by atoms with E-state index >= 15 is 0 Å². The van der Waals surface area contributed by atoms with E-state index in [1.807, 2.05) is 0 Å². The van der Waals surface area contributed by atoms with Crippen molar-refractivity contribution in [1.82, 2.24) is 0 Å². The first kappa shape index (κ1) is 16.3. The summed E-state index contributed by atoms with van der Waals surface area (Å²) in [7, 11) is -4.13. The van der Waals surface area contributed by atoms with Gasteiger partial charge in [0.2, 0.25) is 0 Å². The first-order valence-electron chi connectivity index (χ1n) is 5.66. The van der Waals surface area contributed by atoms with Gasteiger partial charge < -0.3 is 5.11 Å². The number of benzene rings is 1. The second-order valence-electron chi connectivity index (χ2n) is 4.08. The van der Waals surface area contributed by atoms with E-state index < -0.39 is 20.6 Å². The third kappa shape index (κ3) is 2.59. The van der Waals surface area contributed by atoms with Crippen LogP contribution in [0.3, 0.4) is 0 Å². The van der Waals surface area contributed by atoms with Gasteiger partial charge in [0.05, 0.1) is 9.92 Å². The summed E-state index contributed by atoms with van der Waals surface area (Å²) in [4.78, 5) is 11.2. The summed E-state index contributed by atoms with van der Waals surface area (Å²) < 4.78 is 23.3. The zero-order valence-corrected chi connectivity index (χ0v) is 12.8. The van der Waals surface area contributed by atoms with Gasteiger partial charge in [-0.1, -0.05) is 37.0 Å². The van der Waals surface area contributed by atoms with E-state index in [2.05, 4.69) is 0 Å². The Morgan fingerprint density at radius 2 is 1.79 bits per heavy atom. The quantitative estimate of drug-likeness (QED) is 0.900. The molecule has 1 aromatic rings. The molecule has 0 aliphatic carbocycles. The van der Waals surface area contributed by atoms with Crippen molar-refractivity contribution >= 4 is 39.0 Å². The molecule has 19 heavy (non-hydrogen) atoms. The molecule has 0 radical (unpaired) electrons. The molecule has 0 aliphatic heterocycles. The molecule has 0 unspecified atom stereocenters. The Morgan fingerprint density at radius 1 is 1.26 bits per heavy atom. The molecular formula is C12H14Cl2O4S. The van der Waals surface area contributed by atoms with Crippen molar-refractivity contribution in [3.05, 3.63) is 28.2 Å². The van der Waals surface area contributed by atoms with E-state index in [4.69, 9.17) is 23.2 Å². The molecule has 0 atom stereocenters. The van der Waals surface area contributed by atoms with Crippen LogP contribution in [-0.4, -0.2) is 24.2 Å². The summed E-state index contributed by atoms with van der Waals surface area (Å²) in [5, 5.41) is 9.48. The van der Waals surface area contributed by atoms with Gasteiger partial charge >= 0.3 is 5.97 Å². The lowest BCUT2D eigenvalue weighted by atomic mass is 10.0. The molecule has 0 aromatic heterocycles. The fourth-order valence-corrected chi connectivity index (χ4v) is 4.62. The molecule has 0 saturated heterocycles. The summed E-state index contributed by atoms with van der Waals surface area (Å²) in [5.74, 6) is -1.38. The van der Waals surface area contributed by atoms with Crippen LogP contribution in [-0.2, 0) is 14.6 Å². The Hall–Kier alpha value is -0.780. The Labute approximate surface area is 122 Å². The monoisotopic (exact) mass is 324 g/mol. The maximum absolute atomic E-state index is 12.6. The van der Waals surface area contributed by atoms with Gasteiger partial charge in [-0.2, -0.15) is 0 Å². The number of hydrogen-bond donors (Lipinski definition) is 1. The van der Waals surface area contributed by atoms with Crippen molar-refractivity contribution in [2.45, 2.75) is 36.3 Å². The summed E-state index contributed by atoms with van der Waals surface area (Å²) >= 11 is 11.6. The van der Waals surface area contributed by atoms with Crippen molar-refractivity contribution in [3.8, 4) is 0 Å². The molecule has 0 aliphatic rings. The Morgan fingerprint density at radius 3 is 2.21 bits per heavy atom. The van der Waals surface area contributed by atoms with Crippen molar-refractivity contribution < 1.29 is 18.3 Å². The highest BCUT2D eigenvalue weighted by Gasteiger charge is 2.49. The largest absolute Gasteiger partial charge is 0.480 e. The molecule has 0 fully saturated rings. The Balaban J connectivity index is 3.62. The minimum Gasteiger partial charge on any atom is -0.480 e. The summed E-state index contributed by atoms with van der Waals surface area (Å²) in [6.45, 7) is 3.04. The van der Waals surface area contributed by atoms with Crippen LogP contribution in [0, 0.1) is 0 Å². The van der Waals surface area contributed by atoms with Crippen molar-refractivity contribution in [1.29, 1.82) is 0 Å². The third-order valence-electron chi connectivity index (χ3n) is 3.23. The van der Waals surface area contributed by atoms with Gasteiger partial charge in [-0.15, -0.1) is 0 Å². The molecule has 0 saturated carbocycles. The first-order chi connectivity index (χ1) is 8.72. The van der Waals surface area contributed by atoms with Crippen LogP contribution in [0.2, 0.25) is 10.0 Å². The minimum atomic E-state index is -4.13. The number of rotatable bonds is 5. The molecular weight excluding hydrogens is 311 g/mol. The smallest absolute Gasteiger partial charge is 0.325 e. The Bertz CT molecular complexity index is 592. The van der Waals surface area contributed by atoms with E-state index in [9.17, 15) is 18.3 Å². The maximum Gasteiger partial charge on any atom is 0.325 e. The summed E-state index contributed by atoms with van der Waals surface area (Å²) in [6, 6.07) is 3.97. The lowest BCUT2D eigenvalue weighted by Crippen LogP contribution is -2.45. The maximum atomic E-state index is 12.6. The van der Waals surface area contributed by atoms with E-state index in [1.165, 1.54) is 32.0 Å². The van der Waals surface area contributed by atoms with E-state index in [-0.39, 0.29) is 27.8 Å². The predicted octanol–water partition coefficient (Wildman–Crippen LogP) is 3.41. The van der Waals surface area contributed by atoms with Crippen LogP contribution in [0.4, 0.5) is 0 Å². The van der Waals surface area contributed by atoms with E-state index in [0.29, 0.717) is 0 Å². The van der Waals surface area contributed by atoms with Crippen LogP contribution in [0.15, 0.2) is 23.1 Å². The molecule has 4 nitrogen and oxygen atoms in total. The molecule has 106 valence electrons. The fourth-order valence-electron chi connectivity index (χ4n) is 1.94. The molecule has 0 heterocycles. The van der Waals surface area contributed by atoms with Gasteiger partial charge in [-0.05, 0) is 31.0 Å². The predicted molar refractivity (Wildman–Crippen MR) is 74.6 cm³/mol. The van der Waals surface area contributed by atoms with E-state index in [0.717, 1.165) is 0 Å². The number of halogens is 2. The van der Waals surface area contributed by atoms with Crippen molar-refractivity contribution in [2.75, 3.05) is 0 Å². The zero-order valence-electron chi connectivity index (χ0n) is 10.5. The van der Waals surface area contributed by atoms with E-state index in [1.54, 1.807) is 0 Å². The molecule has 1 N–H and O–H groups in total. The fraction of sp³-hybridized carbons (Fsp3) is 0.417. The summed E-state index contributed by atoms with van der Waals surface area (Å²) in [5.41, 5.74) is 0. The molecule has 0 bridgehead atoms. The van der Waals surface area contributed by atoms with Gasteiger partial charge in [-0.3, -0.25) is 4.79 Å². The molecule has 1 aromatic carbocycles. The number of aliphatic carboxylic acids is 1. The second-order valence-corrected chi connectivity index (χ2v) is 7.16. The second kappa shape index (κ2) is 5.69. The standard InChI is InChI=1S/C12H14Cl2O4S/c1-3-12(4-2,11(15)16)19(17,18)10-7-8(13)5-6-9(10)14/h5-7H,3-4H2,1-2H3,(H,15,16). The average Bonchev–Trinajstić information content (AvgIpc) is 2.33. The van der Waals surface area contributed by atoms with Gasteiger partial charge in [0.1, 0.15) is 0 Å². The zero-order chi connectivity index (χ0) is 14.8. The lowest BCUT2D eigenvalue weighted by molar-refractivity contribution is -0.140. The Kier molecular flexibility index (Phi) is 4.87. The lowest BCUT2D eigenvalue weighted by Gasteiger charge is -2.27. The van der Waals surface area contributed by atoms with Gasteiger partial charge in [0.15, 0.2) is 14.6 Å². The van der Waals surface area contributed by atoms with Crippen LogP contribution in [0.25, 0.3) is 0 Å². The highest BCUT2D eigenvalue weighted by molar-refractivity contribution is 7.93. The highest BCUT2D eigenvalue weighted by Crippen LogP contribution is 2.36. The molecule has 1 rings (SSSR count). The number of carboxylic acids is 1.